The molecule has 0 aliphatic rings. The fraction of sp³-hybridized carbons (Fsp3) is 0.227. The lowest BCUT2D eigenvalue weighted by Crippen LogP contribution is -2.17. The van der Waals surface area contributed by atoms with Crippen molar-refractivity contribution in [3.8, 4) is 11.3 Å². The summed E-state index contributed by atoms with van der Waals surface area (Å²) in [5.41, 5.74) is 4.87. The predicted molar refractivity (Wildman–Crippen MR) is 105 cm³/mol. The van der Waals surface area contributed by atoms with Crippen LogP contribution in [0.4, 0.5) is 0 Å². The van der Waals surface area contributed by atoms with Crippen molar-refractivity contribution in [1.29, 1.82) is 0 Å². The molecule has 0 aliphatic carbocycles. The van der Waals surface area contributed by atoms with Gasteiger partial charge in [0.05, 0.1) is 6.20 Å². The summed E-state index contributed by atoms with van der Waals surface area (Å²) >= 11 is 0. The van der Waals surface area contributed by atoms with Gasteiger partial charge >= 0.3 is 0 Å². The Morgan fingerprint density at radius 2 is 2.00 bits per heavy atom. The first-order valence-corrected chi connectivity index (χ1v) is 9.05. The van der Waals surface area contributed by atoms with Gasteiger partial charge in [0.2, 0.25) is 0 Å². The summed E-state index contributed by atoms with van der Waals surface area (Å²) in [6.07, 6.45) is 5.41. The fourth-order valence-corrected chi connectivity index (χ4v) is 3.39. The molecule has 0 bridgehead atoms. The summed E-state index contributed by atoms with van der Waals surface area (Å²) in [5.74, 6) is 0.810. The monoisotopic (exact) mass is 345 g/mol. The number of oxazole rings is 1. The van der Waals surface area contributed by atoms with Gasteiger partial charge in [0.25, 0.3) is 0 Å². The molecular weight excluding hydrogens is 322 g/mol. The minimum Gasteiger partial charge on any atom is -0.443 e. The van der Waals surface area contributed by atoms with Crippen LogP contribution in [-0.2, 0) is 13.1 Å². The van der Waals surface area contributed by atoms with Crippen LogP contribution in [0, 0.1) is 0 Å². The van der Waals surface area contributed by atoms with E-state index in [1.54, 1.807) is 6.20 Å². The highest BCUT2D eigenvalue weighted by atomic mass is 16.3. The van der Waals surface area contributed by atoms with E-state index in [1.165, 1.54) is 28.4 Å². The van der Waals surface area contributed by atoms with Crippen LogP contribution in [0.3, 0.4) is 0 Å². The molecule has 4 aromatic rings. The summed E-state index contributed by atoms with van der Waals surface area (Å²) in [7, 11) is 0. The summed E-state index contributed by atoms with van der Waals surface area (Å²) in [5, 5.41) is 4.82. The molecule has 0 radical (unpaired) electrons. The summed E-state index contributed by atoms with van der Waals surface area (Å²) < 4.78 is 7.79. The second-order valence-electron chi connectivity index (χ2n) is 6.56. The van der Waals surface area contributed by atoms with Gasteiger partial charge in [-0.25, -0.2) is 4.98 Å². The third kappa shape index (κ3) is 3.16. The molecule has 1 unspecified atom stereocenters. The van der Waals surface area contributed by atoms with Crippen LogP contribution < -0.4 is 5.32 Å². The molecular formula is C22H23N3O. The van der Waals surface area contributed by atoms with Crippen LogP contribution in [0.5, 0.6) is 0 Å². The number of rotatable bonds is 6. The zero-order valence-corrected chi connectivity index (χ0v) is 15.1. The van der Waals surface area contributed by atoms with E-state index in [4.69, 9.17) is 4.42 Å². The highest BCUT2D eigenvalue weighted by Crippen LogP contribution is 2.31. The maximum absolute atomic E-state index is 5.54. The molecule has 132 valence electrons. The molecule has 2 aromatic heterocycles. The number of hydrogen-bond acceptors (Lipinski definition) is 3. The minimum absolute atomic E-state index is 0.306. The Morgan fingerprint density at radius 1 is 1.15 bits per heavy atom. The van der Waals surface area contributed by atoms with Crippen molar-refractivity contribution in [1.82, 2.24) is 14.9 Å². The van der Waals surface area contributed by atoms with E-state index in [1.807, 2.05) is 6.07 Å². The van der Waals surface area contributed by atoms with Crippen molar-refractivity contribution >= 4 is 10.9 Å². The standard InChI is InChI=1S/C22H23N3O/c1-3-25-14-20(22-13-23-15-26-22)19-11-17(9-10-21(19)25)12-24-16(2)18-7-5-4-6-8-18/h4-11,13-16,24H,3,12H2,1-2H3. The Morgan fingerprint density at radius 3 is 2.73 bits per heavy atom. The van der Waals surface area contributed by atoms with Crippen LogP contribution in [0.1, 0.15) is 31.0 Å². The lowest BCUT2D eigenvalue weighted by molar-refractivity contribution is 0.572. The molecule has 2 aromatic carbocycles. The predicted octanol–water partition coefficient (Wildman–Crippen LogP) is 5.17. The summed E-state index contributed by atoms with van der Waals surface area (Å²) in [6.45, 7) is 6.09. The topological polar surface area (TPSA) is 43.0 Å². The molecule has 0 spiro atoms. The Kier molecular flexibility index (Phi) is 4.59. The number of nitrogens with one attached hydrogen (secondary N) is 1. The lowest BCUT2D eigenvalue weighted by atomic mass is 10.1. The van der Waals surface area contributed by atoms with Gasteiger partial charge < -0.3 is 14.3 Å². The maximum atomic E-state index is 5.54. The van der Waals surface area contributed by atoms with Gasteiger partial charge in [0.1, 0.15) is 0 Å². The molecule has 0 aliphatic heterocycles. The Hall–Kier alpha value is -2.85. The largest absolute Gasteiger partial charge is 0.443 e. The molecule has 0 fully saturated rings. The van der Waals surface area contributed by atoms with E-state index in [2.05, 4.69) is 77.4 Å². The van der Waals surface area contributed by atoms with E-state index < -0.39 is 0 Å². The zero-order chi connectivity index (χ0) is 17.9. The number of hydrogen-bond donors (Lipinski definition) is 1. The minimum atomic E-state index is 0.306. The number of aromatic nitrogens is 2. The summed E-state index contributed by atoms with van der Waals surface area (Å²) in [6, 6.07) is 17.5. The van der Waals surface area contributed by atoms with Gasteiger partial charge in [0, 0.05) is 41.8 Å². The van der Waals surface area contributed by atoms with Crippen LogP contribution in [-0.4, -0.2) is 9.55 Å². The van der Waals surface area contributed by atoms with Gasteiger partial charge in [-0.2, -0.15) is 0 Å². The first kappa shape index (κ1) is 16.6. The first-order chi connectivity index (χ1) is 12.8. The number of nitrogens with zero attached hydrogens (tertiary/aromatic N) is 2. The van der Waals surface area contributed by atoms with Crippen LogP contribution in [0.15, 0.2) is 71.7 Å². The van der Waals surface area contributed by atoms with Crippen molar-refractivity contribution in [2.45, 2.75) is 33.0 Å². The molecule has 1 N–H and O–H groups in total. The molecule has 4 heteroatoms. The number of benzene rings is 2. The smallest absolute Gasteiger partial charge is 0.181 e. The first-order valence-electron chi connectivity index (χ1n) is 9.05. The molecule has 1 atom stereocenters. The molecule has 0 saturated carbocycles. The van der Waals surface area contributed by atoms with Crippen LogP contribution >= 0.6 is 0 Å². The molecule has 0 saturated heterocycles. The third-order valence-corrected chi connectivity index (χ3v) is 4.90. The molecule has 4 nitrogen and oxygen atoms in total. The Balaban J connectivity index is 1.62. The second-order valence-corrected chi connectivity index (χ2v) is 6.56. The quantitative estimate of drug-likeness (QED) is 0.524. The maximum Gasteiger partial charge on any atom is 0.181 e. The Labute approximate surface area is 153 Å². The van der Waals surface area contributed by atoms with Crippen molar-refractivity contribution in [2.24, 2.45) is 0 Å². The fourth-order valence-electron chi connectivity index (χ4n) is 3.39. The zero-order valence-electron chi connectivity index (χ0n) is 15.1. The van der Waals surface area contributed by atoms with Gasteiger partial charge in [0.15, 0.2) is 12.2 Å². The molecule has 26 heavy (non-hydrogen) atoms. The SMILES string of the molecule is CCn1cc(-c2cnco2)c2cc(CNC(C)c3ccccc3)ccc21. The third-order valence-electron chi connectivity index (χ3n) is 4.90. The van der Waals surface area contributed by atoms with Gasteiger partial charge in [-0.3, -0.25) is 0 Å². The highest BCUT2D eigenvalue weighted by molar-refractivity contribution is 5.95. The van der Waals surface area contributed by atoms with Gasteiger partial charge in [-0.1, -0.05) is 36.4 Å². The average Bonchev–Trinajstić information content (AvgIpc) is 3.34. The van der Waals surface area contributed by atoms with E-state index in [0.29, 0.717) is 6.04 Å². The molecule has 2 heterocycles. The van der Waals surface area contributed by atoms with Crippen LogP contribution in [0.2, 0.25) is 0 Å². The van der Waals surface area contributed by atoms with Gasteiger partial charge in [-0.05, 0) is 37.1 Å². The average molecular weight is 345 g/mol. The number of fused-ring (bicyclic) bond motifs is 1. The Bertz CT molecular complexity index is 987. The normalized spacial score (nSPS) is 12.5. The highest BCUT2D eigenvalue weighted by Gasteiger charge is 2.13. The van der Waals surface area contributed by atoms with Crippen LogP contribution in [0.25, 0.3) is 22.2 Å². The second kappa shape index (κ2) is 7.18. The van der Waals surface area contributed by atoms with Crippen molar-refractivity contribution in [3.05, 3.63) is 78.4 Å². The molecule has 0 amide bonds. The van der Waals surface area contributed by atoms with Crippen molar-refractivity contribution in [3.63, 3.8) is 0 Å². The van der Waals surface area contributed by atoms with E-state index >= 15 is 0 Å². The molecule has 4 rings (SSSR count). The van der Waals surface area contributed by atoms with E-state index in [9.17, 15) is 0 Å². The summed E-state index contributed by atoms with van der Waals surface area (Å²) in [4.78, 5) is 4.07. The van der Waals surface area contributed by atoms with E-state index in [-0.39, 0.29) is 0 Å². The number of aryl methyl sites for hydroxylation is 1. The van der Waals surface area contributed by atoms with Gasteiger partial charge in [-0.15, -0.1) is 0 Å². The van der Waals surface area contributed by atoms with E-state index in [0.717, 1.165) is 24.4 Å². The van der Waals surface area contributed by atoms with Crippen molar-refractivity contribution < 1.29 is 4.42 Å². The lowest BCUT2D eigenvalue weighted by Gasteiger charge is -2.14. The van der Waals surface area contributed by atoms with Crippen molar-refractivity contribution in [2.75, 3.05) is 0 Å².